The van der Waals surface area contributed by atoms with Crippen molar-refractivity contribution in [3.05, 3.63) is 37.4 Å². The standard InChI is InChI=1S/C23H28N2O6S2/c1-6-30-23(29)18-13(3)19(21(27)25(4)5)33-20(18)24-17(26)11-31-22(28)16-10-14-9-12(2)7-8-15(14)32-16/h10,12H,6-9,11H2,1-5H3,(H,24,26). The van der Waals surface area contributed by atoms with Crippen LogP contribution in [0.4, 0.5) is 5.00 Å². The maximum atomic E-state index is 12.5. The lowest BCUT2D eigenvalue weighted by molar-refractivity contribution is -0.119. The second-order valence-corrected chi connectivity index (χ2v) is 10.4. The number of anilines is 1. The minimum atomic E-state index is -0.630. The third-order valence-corrected chi connectivity index (χ3v) is 7.76. The summed E-state index contributed by atoms with van der Waals surface area (Å²) in [5.74, 6) is -1.47. The highest BCUT2D eigenvalue weighted by atomic mass is 32.1. The summed E-state index contributed by atoms with van der Waals surface area (Å²) in [6.45, 7) is 5.14. The minimum absolute atomic E-state index is 0.131. The molecule has 2 aromatic heterocycles. The van der Waals surface area contributed by atoms with E-state index in [0.29, 0.717) is 21.2 Å². The van der Waals surface area contributed by atoms with E-state index in [4.69, 9.17) is 9.47 Å². The Morgan fingerprint density at radius 2 is 1.88 bits per heavy atom. The van der Waals surface area contributed by atoms with E-state index < -0.39 is 24.5 Å². The highest BCUT2D eigenvalue weighted by molar-refractivity contribution is 7.18. The molecule has 0 saturated heterocycles. The molecule has 1 aliphatic rings. The van der Waals surface area contributed by atoms with Crippen molar-refractivity contribution in [3.8, 4) is 0 Å². The first-order valence-corrected chi connectivity index (χ1v) is 12.4. The first-order chi connectivity index (χ1) is 15.6. The number of thiophene rings is 2. The zero-order valence-electron chi connectivity index (χ0n) is 19.4. The van der Waals surface area contributed by atoms with E-state index in [0.717, 1.165) is 30.6 Å². The van der Waals surface area contributed by atoms with Gasteiger partial charge in [-0.15, -0.1) is 22.7 Å². The summed E-state index contributed by atoms with van der Waals surface area (Å²) in [7, 11) is 3.21. The van der Waals surface area contributed by atoms with Gasteiger partial charge in [0.2, 0.25) is 0 Å². The van der Waals surface area contributed by atoms with Crippen molar-refractivity contribution in [2.24, 2.45) is 5.92 Å². The van der Waals surface area contributed by atoms with E-state index in [9.17, 15) is 19.2 Å². The normalized spacial score (nSPS) is 14.9. The molecule has 2 heterocycles. The van der Waals surface area contributed by atoms with Crippen LogP contribution in [0.15, 0.2) is 6.07 Å². The molecule has 0 aliphatic heterocycles. The highest BCUT2D eigenvalue weighted by Crippen LogP contribution is 2.35. The number of nitrogens with one attached hydrogen (secondary N) is 1. The molecule has 1 atom stereocenters. The van der Waals surface area contributed by atoms with Gasteiger partial charge in [-0.3, -0.25) is 9.59 Å². The van der Waals surface area contributed by atoms with Crippen LogP contribution in [0, 0.1) is 12.8 Å². The molecule has 2 amide bonds. The fraction of sp³-hybridized carbons (Fsp3) is 0.478. The average Bonchev–Trinajstić information content (AvgIpc) is 3.32. The molecule has 3 rings (SSSR count). The van der Waals surface area contributed by atoms with E-state index in [1.54, 1.807) is 27.9 Å². The summed E-state index contributed by atoms with van der Waals surface area (Å²) < 4.78 is 10.3. The van der Waals surface area contributed by atoms with Crippen molar-refractivity contribution >= 4 is 51.4 Å². The van der Waals surface area contributed by atoms with Gasteiger partial charge in [0.15, 0.2) is 6.61 Å². The minimum Gasteiger partial charge on any atom is -0.462 e. The van der Waals surface area contributed by atoms with Crippen LogP contribution >= 0.6 is 22.7 Å². The molecule has 0 bridgehead atoms. The molecular formula is C23H28N2O6S2. The maximum absolute atomic E-state index is 12.5. The molecule has 0 aromatic carbocycles. The summed E-state index contributed by atoms with van der Waals surface area (Å²) in [6, 6.07) is 1.86. The Morgan fingerprint density at radius 3 is 2.55 bits per heavy atom. The summed E-state index contributed by atoms with van der Waals surface area (Å²) in [6.07, 6.45) is 3.00. The lowest BCUT2D eigenvalue weighted by Gasteiger charge is -2.16. The molecule has 2 aromatic rings. The predicted molar refractivity (Wildman–Crippen MR) is 127 cm³/mol. The summed E-state index contributed by atoms with van der Waals surface area (Å²) >= 11 is 2.41. The Balaban J connectivity index is 1.70. The SMILES string of the molecule is CCOC(=O)c1c(NC(=O)COC(=O)c2cc3c(s2)CCC(C)C3)sc(C(=O)N(C)C)c1C. The van der Waals surface area contributed by atoms with Crippen LogP contribution in [0.5, 0.6) is 0 Å². The first kappa shape index (κ1) is 24.9. The number of rotatable bonds is 7. The van der Waals surface area contributed by atoms with Crippen molar-refractivity contribution in [2.45, 2.75) is 40.0 Å². The van der Waals surface area contributed by atoms with E-state index in [2.05, 4.69) is 12.2 Å². The number of carbonyl (C=O) groups excluding carboxylic acids is 4. The Bertz CT molecular complexity index is 1090. The molecule has 1 N–H and O–H groups in total. The number of nitrogens with zero attached hydrogens (tertiary/aromatic N) is 1. The Labute approximate surface area is 200 Å². The lowest BCUT2D eigenvalue weighted by atomic mass is 9.90. The molecule has 0 spiro atoms. The lowest BCUT2D eigenvalue weighted by Crippen LogP contribution is -2.21. The fourth-order valence-electron chi connectivity index (χ4n) is 3.63. The van der Waals surface area contributed by atoms with Crippen LogP contribution in [0.1, 0.15) is 66.0 Å². The summed E-state index contributed by atoms with van der Waals surface area (Å²) in [5.41, 5.74) is 1.75. The third kappa shape index (κ3) is 5.62. The molecule has 0 radical (unpaired) electrons. The van der Waals surface area contributed by atoms with E-state index >= 15 is 0 Å². The van der Waals surface area contributed by atoms with Crippen molar-refractivity contribution in [2.75, 3.05) is 32.6 Å². The average molecular weight is 493 g/mol. The smallest absolute Gasteiger partial charge is 0.348 e. The molecule has 0 saturated carbocycles. The highest BCUT2D eigenvalue weighted by Gasteiger charge is 2.28. The monoisotopic (exact) mass is 492 g/mol. The van der Waals surface area contributed by atoms with Crippen LogP contribution in [0.25, 0.3) is 0 Å². The maximum Gasteiger partial charge on any atom is 0.348 e. The van der Waals surface area contributed by atoms with Crippen LogP contribution in [-0.2, 0) is 27.1 Å². The van der Waals surface area contributed by atoms with Crippen LogP contribution in [0.3, 0.4) is 0 Å². The molecular weight excluding hydrogens is 464 g/mol. The number of aryl methyl sites for hydroxylation is 1. The zero-order valence-corrected chi connectivity index (χ0v) is 21.0. The van der Waals surface area contributed by atoms with Gasteiger partial charge in [0, 0.05) is 19.0 Å². The number of fused-ring (bicyclic) bond motifs is 1. The number of hydrogen-bond acceptors (Lipinski definition) is 8. The van der Waals surface area contributed by atoms with Crippen LogP contribution < -0.4 is 5.32 Å². The second kappa shape index (κ2) is 10.5. The Kier molecular flexibility index (Phi) is 7.91. The number of ether oxygens (including phenoxy) is 2. The first-order valence-electron chi connectivity index (χ1n) is 10.7. The molecule has 1 aliphatic carbocycles. The van der Waals surface area contributed by atoms with Gasteiger partial charge in [-0.25, -0.2) is 9.59 Å². The summed E-state index contributed by atoms with van der Waals surface area (Å²) in [5, 5.41) is 2.79. The van der Waals surface area contributed by atoms with E-state index in [1.807, 2.05) is 6.07 Å². The number of carbonyl (C=O) groups is 4. The number of hydrogen-bond donors (Lipinski definition) is 1. The third-order valence-electron chi connectivity index (χ3n) is 5.34. The van der Waals surface area contributed by atoms with Crippen molar-refractivity contribution < 1.29 is 28.7 Å². The topological polar surface area (TPSA) is 102 Å². The zero-order chi connectivity index (χ0) is 24.3. The molecule has 178 valence electrons. The molecule has 0 fully saturated rings. The molecule has 8 nitrogen and oxygen atoms in total. The van der Waals surface area contributed by atoms with Gasteiger partial charge in [0.05, 0.1) is 17.0 Å². The molecule has 33 heavy (non-hydrogen) atoms. The second-order valence-electron chi connectivity index (χ2n) is 8.21. The fourth-order valence-corrected chi connectivity index (χ4v) is 5.96. The summed E-state index contributed by atoms with van der Waals surface area (Å²) in [4.78, 5) is 53.3. The number of esters is 2. The predicted octanol–water partition coefficient (Wildman–Crippen LogP) is 3.92. The van der Waals surface area contributed by atoms with E-state index in [-0.39, 0.29) is 23.1 Å². The van der Waals surface area contributed by atoms with Crippen molar-refractivity contribution in [3.63, 3.8) is 0 Å². The molecule has 1 unspecified atom stereocenters. The van der Waals surface area contributed by atoms with Gasteiger partial charge in [-0.2, -0.15) is 0 Å². The van der Waals surface area contributed by atoms with Gasteiger partial charge >= 0.3 is 11.9 Å². The van der Waals surface area contributed by atoms with Crippen molar-refractivity contribution in [1.29, 1.82) is 0 Å². The number of amides is 2. The van der Waals surface area contributed by atoms with Gasteiger partial charge in [0.25, 0.3) is 11.8 Å². The Morgan fingerprint density at radius 1 is 1.15 bits per heavy atom. The van der Waals surface area contributed by atoms with E-state index in [1.165, 1.54) is 26.7 Å². The van der Waals surface area contributed by atoms with Gasteiger partial charge in [0.1, 0.15) is 9.88 Å². The van der Waals surface area contributed by atoms with Gasteiger partial charge in [-0.1, -0.05) is 6.92 Å². The van der Waals surface area contributed by atoms with Gasteiger partial charge in [-0.05, 0) is 56.2 Å². The molecule has 10 heteroatoms. The van der Waals surface area contributed by atoms with Gasteiger partial charge < -0.3 is 19.7 Å². The van der Waals surface area contributed by atoms with Crippen molar-refractivity contribution in [1.82, 2.24) is 4.90 Å². The largest absolute Gasteiger partial charge is 0.462 e. The quantitative estimate of drug-likeness (QED) is 0.588. The van der Waals surface area contributed by atoms with Crippen LogP contribution in [-0.4, -0.2) is 56.0 Å². The Hall–Kier alpha value is -2.72. The van der Waals surface area contributed by atoms with Crippen LogP contribution in [0.2, 0.25) is 0 Å².